The Morgan fingerprint density at radius 3 is 2.30 bits per heavy atom. The molecule has 3 rings (SSSR count). The number of ether oxygens (including phenoxy) is 1. The van der Waals surface area contributed by atoms with E-state index in [2.05, 4.69) is 16.7 Å². The molecule has 0 fully saturated rings. The van der Waals surface area contributed by atoms with Crippen molar-refractivity contribution in [2.24, 2.45) is 0 Å². The molecule has 0 spiro atoms. The van der Waals surface area contributed by atoms with E-state index in [4.69, 9.17) is 17.0 Å². The molecule has 27 heavy (non-hydrogen) atoms. The summed E-state index contributed by atoms with van der Waals surface area (Å²) in [4.78, 5) is 0. The Bertz CT molecular complexity index is 886. The highest BCUT2D eigenvalue weighted by atomic mass is 32.1. The van der Waals surface area contributed by atoms with E-state index in [1.165, 1.54) is 6.07 Å². The molecule has 0 saturated carbocycles. The zero-order valence-corrected chi connectivity index (χ0v) is 15.6. The van der Waals surface area contributed by atoms with Crippen LogP contribution in [0.25, 0.3) is 0 Å². The van der Waals surface area contributed by atoms with Crippen molar-refractivity contribution in [2.45, 2.75) is 19.8 Å². The quantitative estimate of drug-likeness (QED) is 0.563. The third-order valence-corrected chi connectivity index (χ3v) is 4.19. The van der Waals surface area contributed by atoms with Gasteiger partial charge in [0.1, 0.15) is 5.82 Å². The molecule has 0 amide bonds. The number of para-hydroxylation sites is 1. The molecule has 0 saturated heterocycles. The Labute approximate surface area is 164 Å². The molecule has 3 aromatic rings. The number of thiocarbonyl (C=S) groups is 1. The van der Waals surface area contributed by atoms with E-state index in [1.54, 1.807) is 18.2 Å². The molecule has 0 aliphatic carbocycles. The fourth-order valence-corrected chi connectivity index (χ4v) is 2.78. The molecule has 0 atom stereocenters. The minimum Gasteiger partial charge on any atom is -0.372 e. The molecule has 0 aromatic heterocycles. The normalized spacial score (nSPS) is 10.4. The molecule has 0 aliphatic rings. The average molecular weight is 380 g/mol. The molecule has 0 heterocycles. The van der Waals surface area contributed by atoms with Gasteiger partial charge in [-0.25, -0.2) is 4.39 Å². The first kappa shape index (κ1) is 19.0. The van der Waals surface area contributed by atoms with Gasteiger partial charge in [-0.15, -0.1) is 0 Å². The average Bonchev–Trinajstić information content (AvgIpc) is 2.69. The Hall–Kier alpha value is -2.76. The fourth-order valence-electron chi connectivity index (χ4n) is 2.60. The van der Waals surface area contributed by atoms with Gasteiger partial charge in [-0.3, -0.25) is 0 Å². The lowest BCUT2D eigenvalue weighted by Gasteiger charge is -2.12. The van der Waals surface area contributed by atoms with Crippen molar-refractivity contribution >= 4 is 23.0 Å². The first-order valence-electron chi connectivity index (χ1n) is 8.69. The lowest BCUT2D eigenvalue weighted by molar-refractivity contribution is 0.107. The molecule has 138 valence electrons. The second-order valence-electron chi connectivity index (χ2n) is 6.09. The summed E-state index contributed by atoms with van der Waals surface area (Å²) in [7, 11) is 0. The summed E-state index contributed by atoms with van der Waals surface area (Å²) in [6.45, 7) is 1.67. The van der Waals surface area contributed by atoms with Gasteiger partial charge in [-0.1, -0.05) is 66.7 Å². The third kappa shape index (κ3) is 6.16. The number of benzene rings is 3. The summed E-state index contributed by atoms with van der Waals surface area (Å²) in [6, 6.07) is 24.6. The summed E-state index contributed by atoms with van der Waals surface area (Å²) in [5.74, 6) is -0.334. The van der Waals surface area contributed by atoms with E-state index in [-0.39, 0.29) is 5.82 Å². The second kappa shape index (κ2) is 9.80. The van der Waals surface area contributed by atoms with Crippen molar-refractivity contribution in [3.8, 4) is 0 Å². The molecular weight excluding hydrogens is 359 g/mol. The largest absolute Gasteiger partial charge is 0.372 e. The molecule has 2 N–H and O–H groups in total. The van der Waals surface area contributed by atoms with Crippen LogP contribution < -0.4 is 10.6 Å². The number of halogens is 1. The minimum absolute atomic E-state index is 0.334. The fraction of sp³-hybridized carbons (Fsp3) is 0.136. The highest BCUT2D eigenvalue weighted by Gasteiger charge is 2.03. The van der Waals surface area contributed by atoms with Crippen LogP contribution >= 0.6 is 12.2 Å². The van der Waals surface area contributed by atoms with Crippen LogP contribution in [0.1, 0.15) is 16.7 Å². The van der Waals surface area contributed by atoms with E-state index in [9.17, 15) is 4.39 Å². The molecule has 0 aliphatic heterocycles. The second-order valence-corrected chi connectivity index (χ2v) is 6.49. The minimum atomic E-state index is -0.334. The van der Waals surface area contributed by atoms with Crippen molar-refractivity contribution in [2.75, 3.05) is 5.32 Å². The lowest BCUT2D eigenvalue weighted by atomic mass is 10.1. The first-order chi connectivity index (χ1) is 13.2. The van der Waals surface area contributed by atoms with Crippen molar-refractivity contribution in [3.63, 3.8) is 0 Å². The summed E-state index contributed by atoms with van der Waals surface area (Å²) in [5.41, 5.74) is 3.68. The molecule has 3 nitrogen and oxygen atoms in total. The predicted molar refractivity (Wildman–Crippen MR) is 111 cm³/mol. The van der Waals surface area contributed by atoms with Crippen LogP contribution in [0, 0.1) is 5.82 Å². The zero-order valence-electron chi connectivity index (χ0n) is 14.8. The Balaban J connectivity index is 1.47. The van der Waals surface area contributed by atoms with Crippen LogP contribution in [0.4, 0.5) is 10.1 Å². The van der Waals surface area contributed by atoms with Gasteiger partial charge in [-0.2, -0.15) is 0 Å². The monoisotopic (exact) mass is 380 g/mol. The first-order valence-corrected chi connectivity index (χ1v) is 9.10. The van der Waals surface area contributed by atoms with Crippen LogP contribution in [-0.4, -0.2) is 5.11 Å². The van der Waals surface area contributed by atoms with Crippen LogP contribution in [0.5, 0.6) is 0 Å². The standard InChI is InChI=1S/C22H21FN2OS/c23-20-11-4-5-12-21(20)25-22(27)24-14-18-9-6-10-19(13-18)16-26-15-17-7-2-1-3-8-17/h1-13H,14-16H2,(H2,24,25,27). The van der Waals surface area contributed by atoms with E-state index >= 15 is 0 Å². The van der Waals surface area contributed by atoms with Crippen molar-refractivity contribution in [1.29, 1.82) is 0 Å². The van der Waals surface area contributed by atoms with Gasteiger partial charge in [0.25, 0.3) is 0 Å². The summed E-state index contributed by atoms with van der Waals surface area (Å²) in [5, 5.41) is 6.35. The van der Waals surface area contributed by atoms with Crippen LogP contribution in [0.3, 0.4) is 0 Å². The van der Waals surface area contributed by atoms with E-state index in [0.29, 0.717) is 30.6 Å². The maximum absolute atomic E-state index is 13.6. The van der Waals surface area contributed by atoms with Gasteiger partial charge in [-0.05, 0) is 41.0 Å². The highest BCUT2D eigenvalue weighted by molar-refractivity contribution is 7.80. The van der Waals surface area contributed by atoms with Gasteiger partial charge in [0.15, 0.2) is 5.11 Å². The topological polar surface area (TPSA) is 33.3 Å². The maximum atomic E-state index is 13.6. The number of hydrogen-bond donors (Lipinski definition) is 2. The van der Waals surface area contributed by atoms with E-state index in [0.717, 1.165) is 16.7 Å². The highest BCUT2D eigenvalue weighted by Crippen LogP contribution is 2.12. The molecule has 3 aromatic carbocycles. The van der Waals surface area contributed by atoms with E-state index < -0.39 is 0 Å². The molecule has 0 unspecified atom stereocenters. The maximum Gasteiger partial charge on any atom is 0.171 e. The van der Waals surface area contributed by atoms with Gasteiger partial charge in [0.2, 0.25) is 0 Å². The molecule has 0 radical (unpaired) electrons. The van der Waals surface area contributed by atoms with Crippen LogP contribution in [0.15, 0.2) is 78.9 Å². The van der Waals surface area contributed by atoms with Crippen molar-refractivity contribution in [1.82, 2.24) is 5.32 Å². The third-order valence-electron chi connectivity index (χ3n) is 3.95. The van der Waals surface area contributed by atoms with Crippen LogP contribution in [-0.2, 0) is 24.5 Å². The smallest absolute Gasteiger partial charge is 0.171 e. The number of nitrogens with one attached hydrogen (secondary N) is 2. The lowest BCUT2D eigenvalue weighted by Crippen LogP contribution is -2.28. The summed E-state index contributed by atoms with van der Waals surface area (Å²) >= 11 is 5.24. The predicted octanol–water partition coefficient (Wildman–Crippen LogP) is 5.03. The Kier molecular flexibility index (Phi) is 6.90. The zero-order chi connectivity index (χ0) is 18.9. The Morgan fingerprint density at radius 1 is 0.815 bits per heavy atom. The van der Waals surface area contributed by atoms with Crippen molar-refractivity contribution < 1.29 is 9.13 Å². The summed E-state index contributed by atoms with van der Waals surface area (Å²) < 4.78 is 19.4. The number of hydrogen-bond acceptors (Lipinski definition) is 2. The van der Waals surface area contributed by atoms with Gasteiger partial charge >= 0.3 is 0 Å². The number of anilines is 1. The van der Waals surface area contributed by atoms with Crippen LogP contribution in [0.2, 0.25) is 0 Å². The van der Waals surface area contributed by atoms with Gasteiger partial charge in [0, 0.05) is 6.54 Å². The molecular formula is C22H21FN2OS. The SMILES string of the molecule is Fc1ccccc1NC(=S)NCc1cccc(COCc2ccccc2)c1. The number of rotatable bonds is 7. The summed E-state index contributed by atoms with van der Waals surface area (Å²) in [6.07, 6.45) is 0. The molecule has 0 bridgehead atoms. The van der Waals surface area contributed by atoms with E-state index in [1.807, 2.05) is 48.5 Å². The molecule has 5 heteroatoms. The van der Waals surface area contributed by atoms with Crippen molar-refractivity contribution in [3.05, 3.63) is 101 Å². The Morgan fingerprint density at radius 2 is 1.48 bits per heavy atom. The van der Waals surface area contributed by atoms with Gasteiger partial charge in [0.05, 0.1) is 18.9 Å². The van der Waals surface area contributed by atoms with Gasteiger partial charge < -0.3 is 15.4 Å².